The van der Waals surface area contributed by atoms with Gasteiger partial charge in [-0.3, -0.25) is 9.59 Å². The molecule has 1 aromatic heterocycles. The standard InChI is InChI=1S/C30H30N2O5/c1-35-26-16-15-23(18-27(26)36-2)19-28(33)32(21-22-10-5-3-6-11-22)29(24-12-7-4-8-13-24)30(34)31-20-25-14-9-17-37-25/h3-18,29H,19-21H2,1-2H3,(H,31,34)/t29-/m1/s1. The van der Waals surface area contributed by atoms with Crippen LogP contribution in [-0.4, -0.2) is 30.9 Å². The van der Waals surface area contributed by atoms with Gasteiger partial charge in [0.25, 0.3) is 0 Å². The van der Waals surface area contributed by atoms with Gasteiger partial charge in [-0.25, -0.2) is 0 Å². The summed E-state index contributed by atoms with van der Waals surface area (Å²) in [6, 6.07) is 27.1. The van der Waals surface area contributed by atoms with Gasteiger partial charge in [-0.15, -0.1) is 0 Å². The molecule has 0 aliphatic rings. The second-order valence-corrected chi connectivity index (χ2v) is 8.48. The topological polar surface area (TPSA) is 81.0 Å². The molecule has 3 aromatic carbocycles. The molecule has 2 amide bonds. The zero-order valence-corrected chi connectivity index (χ0v) is 20.9. The molecule has 190 valence electrons. The number of furan rings is 1. The van der Waals surface area contributed by atoms with Gasteiger partial charge in [0.05, 0.1) is 33.4 Å². The molecule has 0 saturated heterocycles. The SMILES string of the molecule is COc1ccc(CC(=O)N(Cc2ccccc2)[C@@H](C(=O)NCc2ccco2)c2ccccc2)cc1OC. The number of methoxy groups -OCH3 is 2. The van der Waals surface area contributed by atoms with Gasteiger partial charge in [-0.1, -0.05) is 66.7 Å². The molecule has 7 heteroatoms. The van der Waals surface area contributed by atoms with E-state index >= 15 is 0 Å². The molecule has 0 aliphatic heterocycles. The van der Waals surface area contributed by atoms with Crippen molar-refractivity contribution in [1.82, 2.24) is 10.2 Å². The minimum atomic E-state index is -0.844. The van der Waals surface area contributed by atoms with Crippen LogP contribution in [0.4, 0.5) is 0 Å². The fourth-order valence-corrected chi connectivity index (χ4v) is 4.16. The lowest BCUT2D eigenvalue weighted by Crippen LogP contribution is -2.43. The molecule has 4 aromatic rings. The summed E-state index contributed by atoms with van der Waals surface area (Å²) in [7, 11) is 3.12. The molecule has 0 aliphatic carbocycles. The number of carbonyl (C=O) groups is 2. The number of amides is 2. The highest BCUT2D eigenvalue weighted by Crippen LogP contribution is 2.29. The normalized spacial score (nSPS) is 11.4. The van der Waals surface area contributed by atoms with Crippen LogP contribution in [0, 0.1) is 0 Å². The third-order valence-corrected chi connectivity index (χ3v) is 6.01. The van der Waals surface area contributed by atoms with Crippen molar-refractivity contribution >= 4 is 11.8 Å². The average Bonchev–Trinajstić information content (AvgIpc) is 3.46. The van der Waals surface area contributed by atoms with Crippen LogP contribution in [0.3, 0.4) is 0 Å². The Morgan fingerprint density at radius 1 is 0.838 bits per heavy atom. The van der Waals surface area contributed by atoms with E-state index in [1.807, 2.05) is 66.7 Å². The van der Waals surface area contributed by atoms with Gasteiger partial charge >= 0.3 is 0 Å². The predicted octanol–water partition coefficient (Wildman–Crippen LogP) is 4.93. The number of nitrogens with zero attached hydrogens (tertiary/aromatic N) is 1. The minimum Gasteiger partial charge on any atom is -0.493 e. The maximum Gasteiger partial charge on any atom is 0.247 e. The third kappa shape index (κ3) is 6.58. The number of rotatable bonds is 11. The average molecular weight is 499 g/mol. The lowest BCUT2D eigenvalue weighted by atomic mass is 10.0. The summed E-state index contributed by atoms with van der Waals surface area (Å²) in [5, 5.41) is 2.94. The number of benzene rings is 3. The lowest BCUT2D eigenvalue weighted by molar-refractivity contribution is -0.141. The van der Waals surface area contributed by atoms with Crippen molar-refractivity contribution in [1.29, 1.82) is 0 Å². The molecule has 1 N–H and O–H groups in total. The Morgan fingerprint density at radius 3 is 2.19 bits per heavy atom. The van der Waals surface area contributed by atoms with Crippen LogP contribution in [0.5, 0.6) is 11.5 Å². The van der Waals surface area contributed by atoms with E-state index in [0.29, 0.717) is 17.3 Å². The number of hydrogen-bond acceptors (Lipinski definition) is 5. The van der Waals surface area contributed by atoms with E-state index < -0.39 is 6.04 Å². The number of carbonyl (C=O) groups excluding carboxylic acids is 2. The van der Waals surface area contributed by atoms with Crippen molar-refractivity contribution in [2.24, 2.45) is 0 Å². The maximum atomic E-state index is 13.9. The Morgan fingerprint density at radius 2 is 1.54 bits per heavy atom. The summed E-state index contributed by atoms with van der Waals surface area (Å²) in [4.78, 5) is 29.1. The van der Waals surface area contributed by atoms with E-state index in [2.05, 4.69) is 5.32 Å². The predicted molar refractivity (Wildman–Crippen MR) is 140 cm³/mol. The summed E-state index contributed by atoms with van der Waals surface area (Å²) in [5.41, 5.74) is 2.39. The largest absolute Gasteiger partial charge is 0.493 e. The molecule has 1 heterocycles. The van der Waals surface area contributed by atoms with Gasteiger partial charge in [-0.05, 0) is 41.0 Å². The monoisotopic (exact) mass is 498 g/mol. The fraction of sp³-hybridized carbons (Fsp3) is 0.200. The molecule has 0 radical (unpaired) electrons. The zero-order chi connectivity index (χ0) is 26.0. The fourth-order valence-electron chi connectivity index (χ4n) is 4.16. The maximum absolute atomic E-state index is 13.9. The lowest BCUT2D eigenvalue weighted by Gasteiger charge is -2.32. The van der Waals surface area contributed by atoms with Crippen molar-refractivity contribution in [3.05, 3.63) is 120 Å². The molecule has 0 fully saturated rings. The molecule has 0 saturated carbocycles. The van der Waals surface area contributed by atoms with Crippen molar-refractivity contribution in [2.45, 2.75) is 25.6 Å². The van der Waals surface area contributed by atoms with E-state index in [9.17, 15) is 9.59 Å². The van der Waals surface area contributed by atoms with E-state index in [1.165, 1.54) is 0 Å². The Balaban J connectivity index is 1.67. The Bertz CT molecular complexity index is 1290. The quantitative estimate of drug-likeness (QED) is 0.317. The van der Waals surface area contributed by atoms with Gasteiger partial charge in [0, 0.05) is 6.54 Å². The summed E-state index contributed by atoms with van der Waals surface area (Å²) < 4.78 is 16.1. The highest BCUT2D eigenvalue weighted by Gasteiger charge is 2.31. The zero-order valence-electron chi connectivity index (χ0n) is 20.9. The third-order valence-electron chi connectivity index (χ3n) is 6.01. The number of ether oxygens (including phenoxy) is 2. The molecular formula is C30H30N2O5. The summed E-state index contributed by atoms with van der Waals surface area (Å²) in [6.45, 7) is 0.485. The van der Waals surface area contributed by atoms with Gasteiger partial charge in [0.15, 0.2) is 11.5 Å². The van der Waals surface area contributed by atoms with Crippen LogP contribution >= 0.6 is 0 Å². The van der Waals surface area contributed by atoms with Crippen LogP contribution < -0.4 is 14.8 Å². The summed E-state index contributed by atoms with van der Waals surface area (Å²) >= 11 is 0. The first kappa shape index (κ1) is 25.6. The van der Waals surface area contributed by atoms with Crippen molar-refractivity contribution in [2.75, 3.05) is 14.2 Å². The Hall–Kier alpha value is -4.52. The number of nitrogens with one attached hydrogen (secondary N) is 1. The Labute approximate surface area is 216 Å². The van der Waals surface area contributed by atoms with Crippen LogP contribution in [0.1, 0.15) is 28.5 Å². The van der Waals surface area contributed by atoms with E-state index in [0.717, 1.165) is 16.7 Å². The highest BCUT2D eigenvalue weighted by molar-refractivity contribution is 5.89. The molecule has 37 heavy (non-hydrogen) atoms. The van der Waals surface area contributed by atoms with Gasteiger partial charge in [0.1, 0.15) is 11.8 Å². The smallest absolute Gasteiger partial charge is 0.247 e. The first-order valence-corrected chi connectivity index (χ1v) is 12.0. The molecule has 0 unspecified atom stereocenters. The second kappa shape index (κ2) is 12.4. The Kier molecular flexibility index (Phi) is 8.60. The first-order chi connectivity index (χ1) is 18.1. The van der Waals surface area contributed by atoms with E-state index in [4.69, 9.17) is 13.9 Å². The van der Waals surface area contributed by atoms with Crippen LogP contribution in [0.15, 0.2) is 102 Å². The minimum absolute atomic E-state index is 0.0853. The molecule has 4 rings (SSSR count). The van der Waals surface area contributed by atoms with Gasteiger partial charge in [-0.2, -0.15) is 0 Å². The second-order valence-electron chi connectivity index (χ2n) is 8.48. The van der Waals surface area contributed by atoms with E-state index in [-0.39, 0.29) is 31.3 Å². The summed E-state index contributed by atoms with van der Waals surface area (Å²) in [5.74, 6) is 1.27. The highest BCUT2D eigenvalue weighted by atomic mass is 16.5. The first-order valence-electron chi connectivity index (χ1n) is 12.0. The molecule has 7 nitrogen and oxygen atoms in total. The molecule has 1 atom stereocenters. The van der Waals surface area contributed by atoms with E-state index in [1.54, 1.807) is 49.6 Å². The van der Waals surface area contributed by atoms with Gasteiger partial charge < -0.3 is 24.1 Å². The van der Waals surface area contributed by atoms with Crippen LogP contribution in [-0.2, 0) is 29.1 Å². The molecule has 0 bridgehead atoms. The van der Waals surface area contributed by atoms with Crippen molar-refractivity contribution < 1.29 is 23.5 Å². The number of hydrogen-bond donors (Lipinski definition) is 1. The van der Waals surface area contributed by atoms with Gasteiger partial charge in [0.2, 0.25) is 11.8 Å². The van der Waals surface area contributed by atoms with Crippen LogP contribution in [0.25, 0.3) is 0 Å². The molecule has 0 spiro atoms. The van der Waals surface area contributed by atoms with Crippen molar-refractivity contribution in [3.63, 3.8) is 0 Å². The van der Waals surface area contributed by atoms with Crippen LogP contribution in [0.2, 0.25) is 0 Å². The van der Waals surface area contributed by atoms with Crippen molar-refractivity contribution in [3.8, 4) is 11.5 Å². The molecular weight excluding hydrogens is 468 g/mol. The summed E-state index contributed by atoms with van der Waals surface area (Å²) in [6.07, 6.45) is 1.65.